The summed E-state index contributed by atoms with van der Waals surface area (Å²) in [5.74, 6) is -0.00773. The zero-order chi connectivity index (χ0) is 24.0. The Kier molecular flexibility index (Phi) is 5.81. The Balaban J connectivity index is 1.36. The van der Waals surface area contributed by atoms with E-state index in [9.17, 15) is 13.6 Å². The van der Waals surface area contributed by atoms with E-state index in [0.717, 1.165) is 24.0 Å². The molecule has 1 saturated carbocycles. The molecule has 0 spiro atoms. The van der Waals surface area contributed by atoms with Crippen molar-refractivity contribution in [2.75, 3.05) is 5.32 Å². The Morgan fingerprint density at radius 3 is 2.62 bits per heavy atom. The van der Waals surface area contributed by atoms with Gasteiger partial charge in [-0.1, -0.05) is 41.4 Å². The number of rotatable bonds is 7. The maximum Gasteiger partial charge on any atom is 0.264 e. The number of hydrogen-bond acceptors (Lipinski definition) is 4. The van der Waals surface area contributed by atoms with Crippen LogP contribution in [0.1, 0.15) is 53.3 Å². The largest absolute Gasteiger partial charge is 0.306 e. The van der Waals surface area contributed by atoms with E-state index < -0.39 is 12.3 Å². The van der Waals surface area contributed by atoms with Crippen molar-refractivity contribution in [2.24, 2.45) is 0 Å². The summed E-state index contributed by atoms with van der Waals surface area (Å²) in [6.07, 6.45) is 0.851. The molecule has 176 valence electrons. The van der Waals surface area contributed by atoms with Crippen molar-refractivity contribution in [3.63, 3.8) is 0 Å². The monoisotopic (exact) mass is 484 g/mol. The Bertz CT molecular complexity index is 1370. The predicted molar refractivity (Wildman–Crippen MR) is 125 cm³/mol. The van der Waals surface area contributed by atoms with Crippen molar-refractivity contribution in [1.82, 2.24) is 24.5 Å². The third-order valence-corrected chi connectivity index (χ3v) is 6.17. The highest BCUT2D eigenvalue weighted by molar-refractivity contribution is 6.33. The van der Waals surface area contributed by atoms with Crippen LogP contribution in [-0.4, -0.2) is 30.5 Å². The predicted octanol–water partition coefficient (Wildman–Crippen LogP) is 5.40. The smallest absolute Gasteiger partial charge is 0.264 e. The lowest BCUT2D eigenvalue weighted by Crippen LogP contribution is -2.20. The fraction of sp³-hybridized carbons (Fsp3) is 0.333. The van der Waals surface area contributed by atoms with Crippen molar-refractivity contribution in [3.05, 3.63) is 69.6 Å². The van der Waals surface area contributed by atoms with Gasteiger partial charge in [0, 0.05) is 23.4 Å². The van der Waals surface area contributed by atoms with Gasteiger partial charge >= 0.3 is 0 Å². The normalized spacial score (nSPS) is 13.7. The summed E-state index contributed by atoms with van der Waals surface area (Å²) < 4.78 is 30.5. The number of aromatic nitrogens is 5. The Hall–Kier alpha value is -3.33. The molecule has 1 amide bonds. The third-order valence-electron chi connectivity index (χ3n) is 5.89. The summed E-state index contributed by atoms with van der Waals surface area (Å²) in [6, 6.07) is 9.52. The fourth-order valence-corrected chi connectivity index (χ4v) is 4.23. The van der Waals surface area contributed by atoms with Crippen LogP contribution in [0.5, 0.6) is 0 Å². The number of carbonyl (C=O) groups excluding carboxylic acids is 1. The Labute approximate surface area is 199 Å². The minimum Gasteiger partial charge on any atom is -0.306 e. The molecule has 1 aliphatic rings. The highest BCUT2D eigenvalue weighted by Crippen LogP contribution is 2.41. The fourth-order valence-electron chi connectivity index (χ4n) is 4.03. The first kappa shape index (κ1) is 22.5. The lowest BCUT2D eigenvalue weighted by atomic mass is 10.1. The van der Waals surface area contributed by atoms with Crippen LogP contribution < -0.4 is 5.32 Å². The number of nitrogens with one attached hydrogen (secondary N) is 1. The van der Waals surface area contributed by atoms with E-state index in [-0.39, 0.29) is 23.8 Å². The number of benzene rings is 1. The summed E-state index contributed by atoms with van der Waals surface area (Å²) in [4.78, 5) is 17.4. The van der Waals surface area contributed by atoms with Gasteiger partial charge in [0.2, 0.25) is 5.91 Å². The molecule has 5 rings (SSSR count). The number of halogens is 3. The van der Waals surface area contributed by atoms with Gasteiger partial charge in [0.25, 0.3) is 6.43 Å². The van der Waals surface area contributed by atoms with E-state index >= 15 is 0 Å². The molecule has 34 heavy (non-hydrogen) atoms. The van der Waals surface area contributed by atoms with Gasteiger partial charge in [-0.3, -0.25) is 9.48 Å². The second kappa shape index (κ2) is 8.79. The number of amides is 1. The molecule has 0 atom stereocenters. The summed E-state index contributed by atoms with van der Waals surface area (Å²) in [7, 11) is 0. The minimum absolute atomic E-state index is 0.0889. The summed E-state index contributed by atoms with van der Waals surface area (Å²) >= 11 is 6.28. The van der Waals surface area contributed by atoms with Gasteiger partial charge < -0.3 is 5.32 Å². The van der Waals surface area contributed by atoms with Crippen LogP contribution in [0, 0.1) is 13.8 Å². The number of aryl methyl sites for hydroxylation is 2. The van der Waals surface area contributed by atoms with Crippen molar-refractivity contribution < 1.29 is 13.6 Å². The van der Waals surface area contributed by atoms with Crippen LogP contribution >= 0.6 is 11.6 Å². The molecule has 0 unspecified atom stereocenters. The van der Waals surface area contributed by atoms with Crippen molar-refractivity contribution in [3.8, 4) is 0 Å². The quantitative estimate of drug-likeness (QED) is 0.381. The molecule has 0 aliphatic heterocycles. The number of fused-ring (bicyclic) bond motifs is 1. The second-order valence-electron chi connectivity index (χ2n) is 8.71. The average Bonchev–Trinajstić information content (AvgIpc) is 3.52. The van der Waals surface area contributed by atoms with Gasteiger partial charge in [-0.25, -0.2) is 18.4 Å². The standard InChI is InChI=1S/C24H23ClF2N6O/c1-13-3-5-15(6-4-13)10-32-11-18(25)23(31-32)29-20(34)12-33-24-21(14(2)30-33)17(22(26)27)9-19(28-24)16-7-8-16/h3-6,9,11,16,22H,7-8,10,12H2,1-2H3,(H,29,31,34). The van der Waals surface area contributed by atoms with Crippen LogP contribution in [0.25, 0.3) is 11.0 Å². The van der Waals surface area contributed by atoms with Crippen LogP contribution in [0.2, 0.25) is 5.02 Å². The first-order chi connectivity index (χ1) is 16.3. The second-order valence-corrected chi connectivity index (χ2v) is 9.12. The van der Waals surface area contributed by atoms with Gasteiger partial charge in [0.1, 0.15) is 11.6 Å². The van der Waals surface area contributed by atoms with Crippen LogP contribution in [0.15, 0.2) is 36.5 Å². The van der Waals surface area contributed by atoms with E-state index in [1.807, 2.05) is 31.2 Å². The summed E-state index contributed by atoms with van der Waals surface area (Å²) in [5, 5.41) is 12.0. The molecule has 1 fully saturated rings. The number of nitrogens with zero attached hydrogens (tertiary/aromatic N) is 5. The summed E-state index contributed by atoms with van der Waals surface area (Å²) in [6.45, 7) is 3.96. The Morgan fingerprint density at radius 2 is 1.94 bits per heavy atom. The third kappa shape index (κ3) is 4.52. The van der Waals surface area contributed by atoms with Gasteiger partial charge in [0.05, 0.1) is 17.6 Å². The molecule has 3 heterocycles. The van der Waals surface area contributed by atoms with Crippen LogP contribution in [0.3, 0.4) is 0 Å². The molecular formula is C24H23ClF2N6O. The van der Waals surface area contributed by atoms with E-state index in [4.69, 9.17) is 11.6 Å². The molecule has 0 radical (unpaired) electrons. The molecule has 7 nitrogen and oxygen atoms in total. The van der Waals surface area contributed by atoms with Crippen molar-refractivity contribution in [2.45, 2.75) is 52.1 Å². The molecule has 10 heteroatoms. The SMILES string of the molecule is Cc1ccc(Cn2cc(Cl)c(NC(=O)Cn3nc(C)c4c(C(F)F)cc(C5CC5)nc43)n2)cc1. The topological polar surface area (TPSA) is 77.6 Å². The first-order valence-corrected chi connectivity index (χ1v) is 11.4. The highest BCUT2D eigenvalue weighted by atomic mass is 35.5. The van der Waals surface area contributed by atoms with Crippen LogP contribution in [0.4, 0.5) is 14.6 Å². The van der Waals surface area contributed by atoms with Gasteiger partial charge in [-0.2, -0.15) is 10.2 Å². The number of hydrogen-bond donors (Lipinski definition) is 1. The van der Waals surface area contributed by atoms with E-state index in [2.05, 4.69) is 20.5 Å². The first-order valence-electron chi connectivity index (χ1n) is 11.0. The molecule has 1 aromatic carbocycles. The molecule has 1 aliphatic carbocycles. The number of pyridine rings is 1. The molecule has 0 saturated heterocycles. The average molecular weight is 485 g/mol. The van der Waals surface area contributed by atoms with Crippen molar-refractivity contribution >= 4 is 34.4 Å². The molecule has 3 aromatic heterocycles. The zero-order valence-corrected chi connectivity index (χ0v) is 19.5. The van der Waals surface area contributed by atoms with Gasteiger partial charge in [-0.05, 0) is 38.3 Å². The molecular weight excluding hydrogens is 462 g/mol. The van der Waals surface area contributed by atoms with E-state index in [1.54, 1.807) is 17.8 Å². The van der Waals surface area contributed by atoms with Crippen molar-refractivity contribution in [1.29, 1.82) is 0 Å². The van der Waals surface area contributed by atoms with Crippen LogP contribution in [-0.2, 0) is 17.9 Å². The highest BCUT2D eigenvalue weighted by Gasteiger charge is 2.29. The number of carbonyl (C=O) groups is 1. The molecule has 4 aromatic rings. The maximum absolute atomic E-state index is 13.8. The van der Waals surface area contributed by atoms with Gasteiger partial charge in [-0.15, -0.1) is 0 Å². The van der Waals surface area contributed by atoms with Gasteiger partial charge in [0.15, 0.2) is 11.5 Å². The minimum atomic E-state index is -2.65. The zero-order valence-electron chi connectivity index (χ0n) is 18.7. The van der Waals surface area contributed by atoms with E-state index in [0.29, 0.717) is 34.0 Å². The summed E-state index contributed by atoms with van der Waals surface area (Å²) in [5.41, 5.74) is 3.46. The van der Waals surface area contributed by atoms with E-state index in [1.165, 1.54) is 10.7 Å². The maximum atomic E-state index is 13.8. The molecule has 0 bridgehead atoms. The lowest BCUT2D eigenvalue weighted by Gasteiger charge is -2.08. The number of alkyl halides is 2. The Morgan fingerprint density at radius 1 is 1.21 bits per heavy atom. The molecule has 1 N–H and O–H groups in total. The lowest BCUT2D eigenvalue weighted by molar-refractivity contribution is -0.116. The number of anilines is 1.